The molecule has 0 aliphatic heterocycles. The van der Waals surface area contributed by atoms with Crippen LogP contribution in [-0.4, -0.2) is 14.4 Å². The normalized spacial score (nSPS) is 11.1. The van der Waals surface area contributed by atoms with Crippen molar-refractivity contribution in [2.75, 3.05) is 5.32 Å². The Labute approximate surface area is 148 Å². The van der Waals surface area contributed by atoms with Crippen LogP contribution in [0.25, 0.3) is 17.0 Å². The highest BCUT2D eigenvalue weighted by molar-refractivity contribution is 7.08. The molecule has 0 amide bonds. The maximum absolute atomic E-state index is 5.99. The van der Waals surface area contributed by atoms with Gasteiger partial charge in [-0.2, -0.15) is 11.3 Å². The van der Waals surface area contributed by atoms with E-state index in [1.54, 1.807) is 11.3 Å². The molecule has 1 N–H and O–H groups in total. The van der Waals surface area contributed by atoms with E-state index in [1.165, 1.54) is 0 Å². The lowest BCUT2D eigenvalue weighted by atomic mass is 10.2. The molecule has 1 aromatic carbocycles. The highest BCUT2D eigenvalue weighted by atomic mass is 35.5. The lowest BCUT2D eigenvalue weighted by Gasteiger charge is -2.10. The summed E-state index contributed by atoms with van der Waals surface area (Å²) in [5.74, 6) is 1.61. The number of halogens is 1. The quantitative estimate of drug-likeness (QED) is 0.530. The Morgan fingerprint density at radius 3 is 2.58 bits per heavy atom. The fourth-order valence-electron chi connectivity index (χ4n) is 2.76. The molecule has 3 aromatic heterocycles. The van der Waals surface area contributed by atoms with Crippen molar-refractivity contribution in [2.45, 2.75) is 13.8 Å². The number of rotatable bonds is 3. The molecule has 0 saturated heterocycles. The van der Waals surface area contributed by atoms with Gasteiger partial charge in [-0.1, -0.05) is 11.6 Å². The third kappa shape index (κ3) is 2.66. The molecule has 0 unspecified atom stereocenters. The number of imidazole rings is 1. The molecule has 24 heavy (non-hydrogen) atoms. The van der Waals surface area contributed by atoms with E-state index in [1.807, 2.05) is 31.2 Å². The van der Waals surface area contributed by atoms with Crippen molar-refractivity contribution in [3.05, 3.63) is 63.6 Å². The second-order valence-corrected chi connectivity index (χ2v) is 6.84. The van der Waals surface area contributed by atoms with Crippen molar-refractivity contribution in [3.63, 3.8) is 0 Å². The van der Waals surface area contributed by atoms with Gasteiger partial charge in [-0.15, -0.1) is 0 Å². The minimum absolute atomic E-state index is 0.699. The van der Waals surface area contributed by atoms with Crippen molar-refractivity contribution >= 4 is 40.2 Å². The van der Waals surface area contributed by atoms with Gasteiger partial charge in [-0.3, -0.25) is 4.40 Å². The van der Waals surface area contributed by atoms with Gasteiger partial charge in [0.15, 0.2) is 0 Å². The summed E-state index contributed by atoms with van der Waals surface area (Å²) in [4.78, 5) is 9.34. The smallest absolute Gasteiger partial charge is 0.236 e. The summed E-state index contributed by atoms with van der Waals surface area (Å²) < 4.78 is 2.05. The Kier molecular flexibility index (Phi) is 3.75. The first-order valence-corrected chi connectivity index (χ1v) is 8.86. The number of aromatic nitrogens is 3. The predicted molar refractivity (Wildman–Crippen MR) is 101 cm³/mol. The minimum Gasteiger partial charge on any atom is -0.339 e. The summed E-state index contributed by atoms with van der Waals surface area (Å²) in [6, 6.07) is 11.8. The number of hydrogen-bond acceptors (Lipinski definition) is 4. The summed E-state index contributed by atoms with van der Waals surface area (Å²) in [5, 5.41) is 8.34. The van der Waals surface area contributed by atoms with Crippen molar-refractivity contribution < 1.29 is 0 Å². The lowest BCUT2D eigenvalue weighted by Crippen LogP contribution is -2.01. The topological polar surface area (TPSA) is 42.2 Å². The number of aryl methyl sites for hydroxylation is 2. The van der Waals surface area contributed by atoms with Crippen LogP contribution < -0.4 is 5.32 Å². The fourth-order valence-corrected chi connectivity index (χ4v) is 3.53. The second kappa shape index (κ2) is 5.92. The number of nitrogens with zero attached hydrogens (tertiary/aromatic N) is 3. The maximum atomic E-state index is 5.99. The highest BCUT2D eigenvalue weighted by Gasteiger charge is 2.17. The first-order chi connectivity index (χ1) is 11.6. The summed E-state index contributed by atoms with van der Waals surface area (Å²) in [7, 11) is 0. The molecule has 4 rings (SSSR count). The van der Waals surface area contributed by atoms with Crippen molar-refractivity contribution in [3.8, 4) is 11.3 Å². The van der Waals surface area contributed by atoms with Gasteiger partial charge in [0.05, 0.1) is 0 Å². The molecule has 4 nitrogen and oxygen atoms in total. The third-order valence-corrected chi connectivity index (χ3v) is 4.74. The van der Waals surface area contributed by atoms with Crippen LogP contribution in [0.2, 0.25) is 5.02 Å². The van der Waals surface area contributed by atoms with Gasteiger partial charge in [0, 0.05) is 33.0 Å². The first-order valence-electron chi connectivity index (χ1n) is 7.54. The number of nitrogens with one attached hydrogen (secondary N) is 1. The number of benzene rings is 1. The van der Waals surface area contributed by atoms with E-state index < -0.39 is 0 Å². The second-order valence-electron chi connectivity index (χ2n) is 5.63. The van der Waals surface area contributed by atoms with Gasteiger partial charge in [0.2, 0.25) is 5.78 Å². The van der Waals surface area contributed by atoms with Crippen molar-refractivity contribution in [1.29, 1.82) is 0 Å². The van der Waals surface area contributed by atoms with E-state index in [-0.39, 0.29) is 0 Å². The Balaban J connectivity index is 1.93. The van der Waals surface area contributed by atoms with Crippen LogP contribution in [0.3, 0.4) is 0 Å². The van der Waals surface area contributed by atoms with Crippen LogP contribution in [0.5, 0.6) is 0 Å². The third-order valence-electron chi connectivity index (χ3n) is 3.81. The summed E-state index contributed by atoms with van der Waals surface area (Å²) in [6.07, 6.45) is 0. The number of anilines is 2. The zero-order valence-corrected chi connectivity index (χ0v) is 14.8. The summed E-state index contributed by atoms with van der Waals surface area (Å²) in [5.41, 5.74) is 4.98. The molecule has 0 fully saturated rings. The van der Waals surface area contributed by atoms with Gasteiger partial charge >= 0.3 is 0 Å². The molecule has 0 atom stereocenters. The summed E-state index contributed by atoms with van der Waals surface area (Å²) >= 11 is 7.64. The molecule has 120 valence electrons. The zero-order chi connectivity index (χ0) is 16.7. The van der Waals surface area contributed by atoms with E-state index >= 15 is 0 Å². The molecule has 0 bridgehead atoms. The van der Waals surface area contributed by atoms with Gasteiger partial charge < -0.3 is 5.32 Å². The van der Waals surface area contributed by atoms with E-state index in [0.717, 1.165) is 34.2 Å². The van der Waals surface area contributed by atoms with Crippen LogP contribution in [0, 0.1) is 13.8 Å². The number of fused-ring (bicyclic) bond motifs is 1. The first kappa shape index (κ1) is 15.2. The van der Waals surface area contributed by atoms with Crippen LogP contribution in [0.4, 0.5) is 11.5 Å². The fraction of sp³-hybridized carbons (Fsp3) is 0.111. The molecule has 4 aromatic rings. The van der Waals surface area contributed by atoms with Crippen molar-refractivity contribution in [1.82, 2.24) is 14.4 Å². The predicted octanol–water partition coefficient (Wildman–Crippen LogP) is 5.47. The molecular formula is C18H15ClN4S. The molecule has 0 radical (unpaired) electrons. The Morgan fingerprint density at radius 1 is 1.08 bits per heavy atom. The van der Waals surface area contributed by atoms with Gasteiger partial charge in [0.1, 0.15) is 11.5 Å². The average Bonchev–Trinajstić information content (AvgIpc) is 3.17. The number of hydrogen-bond donors (Lipinski definition) is 1. The van der Waals surface area contributed by atoms with Crippen LogP contribution in [-0.2, 0) is 0 Å². The van der Waals surface area contributed by atoms with E-state index in [0.29, 0.717) is 10.8 Å². The standard InChI is InChI=1S/C18H15ClN4S/c1-11-9-12(2)23-17(21-15-5-3-14(19)4-6-15)16(22-18(23)20-11)13-7-8-24-10-13/h3-10,21H,1-2H3. The molecule has 6 heteroatoms. The van der Waals surface area contributed by atoms with E-state index in [4.69, 9.17) is 16.6 Å². The zero-order valence-electron chi connectivity index (χ0n) is 13.2. The molecule has 0 spiro atoms. The molecule has 0 aliphatic rings. The minimum atomic E-state index is 0.699. The van der Waals surface area contributed by atoms with Gasteiger partial charge in [-0.25, -0.2) is 9.97 Å². The molecule has 3 heterocycles. The molecular weight excluding hydrogens is 340 g/mol. The Morgan fingerprint density at radius 2 is 1.88 bits per heavy atom. The Hall–Kier alpha value is -2.37. The van der Waals surface area contributed by atoms with Crippen LogP contribution in [0.1, 0.15) is 11.4 Å². The Bertz CT molecular complexity index is 1000. The largest absolute Gasteiger partial charge is 0.339 e. The van der Waals surface area contributed by atoms with Crippen LogP contribution >= 0.6 is 22.9 Å². The van der Waals surface area contributed by atoms with Crippen molar-refractivity contribution in [2.24, 2.45) is 0 Å². The van der Waals surface area contributed by atoms with E-state index in [9.17, 15) is 0 Å². The summed E-state index contributed by atoms with van der Waals surface area (Å²) in [6.45, 7) is 4.05. The SMILES string of the molecule is Cc1cc(C)n2c(Nc3ccc(Cl)cc3)c(-c3ccsc3)nc2n1. The highest BCUT2D eigenvalue weighted by Crippen LogP contribution is 2.33. The number of thiophene rings is 1. The van der Waals surface area contributed by atoms with Gasteiger partial charge in [0.25, 0.3) is 0 Å². The maximum Gasteiger partial charge on any atom is 0.236 e. The van der Waals surface area contributed by atoms with Gasteiger partial charge in [-0.05, 0) is 55.6 Å². The van der Waals surface area contributed by atoms with E-state index in [2.05, 4.69) is 44.5 Å². The lowest BCUT2D eigenvalue weighted by molar-refractivity contribution is 1.02. The molecule has 0 saturated carbocycles. The average molecular weight is 355 g/mol. The monoisotopic (exact) mass is 354 g/mol. The van der Waals surface area contributed by atoms with Crippen LogP contribution in [0.15, 0.2) is 47.2 Å². The molecule has 0 aliphatic carbocycles.